The van der Waals surface area contributed by atoms with Crippen molar-refractivity contribution in [2.75, 3.05) is 7.11 Å². The minimum atomic E-state index is -0.0218. The Morgan fingerprint density at radius 2 is 1.89 bits per heavy atom. The maximum absolute atomic E-state index is 12.6. The number of ether oxygens (including phenoxy) is 1. The van der Waals surface area contributed by atoms with Gasteiger partial charge in [0.2, 0.25) is 0 Å². The van der Waals surface area contributed by atoms with Crippen LogP contribution < -0.4 is 4.74 Å². The maximum Gasteiger partial charge on any atom is 0.169 e. The maximum atomic E-state index is 12.6. The number of rotatable bonds is 3. The van der Waals surface area contributed by atoms with Gasteiger partial charge in [-0.1, -0.05) is 33.3 Å². The predicted molar refractivity (Wildman–Crippen MR) is 78.1 cm³/mol. The van der Waals surface area contributed by atoms with Gasteiger partial charge < -0.3 is 4.74 Å². The van der Waals surface area contributed by atoms with Gasteiger partial charge in [0.1, 0.15) is 5.75 Å². The third-order valence-corrected chi connectivity index (χ3v) is 3.99. The SMILES string of the molecule is COc1c(C(=O)C2CCC2)cc(C)cc1C(C)(C)C. The van der Waals surface area contributed by atoms with Gasteiger partial charge in [0.25, 0.3) is 0 Å². The molecule has 0 saturated heterocycles. The average Bonchev–Trinajstić information content (AvgIpc) is 2.24. The van der Waals surface area contributed by atoms with Crippen LogP contribution in [0.15, 0.2) is 12.1 Å². The highest BCUT2D eigenvalue weighted by Crippen LogP contribution is 2.38. The van der Waals surface area contributed by atoms with Gasteiger partial charge >= 0.3 is 0 Å². The van der Waals surface area contributed by atoms with Crippen molar-refractivity contribution in [3.05, 3.63) is 28.8 Å². The van der Waals surface area contributed by atoms with E-state index in [1.54, 1.807) is 7.11 Å². The summed E-state index contributed by atoms with van der Waals surface area (Å²) in [5.74, 6) is 1.25. The molecule has 0 amide bonds. The summed E-state index contributed by atoms with van der Waals surface area (Å²) in [7, 11) is 1.66. The molecule has 104 valence electrons. The molecular formula is C17H24O2. The van der Waals surface area contributed by atoms with Gasteiger partial charge in [0.05, 0.1) is 12.7 Å². The molecule has 0 radical (unpaired) electrons. The van der Waals surface area contributed by atoms with Crippen LogP contribution >= 0.6 is 0 Å². The molecule has 2 nitrogen and oxygen atoms in total. The fourth-order valence-electron chi connectivity index (χ4n) is 2.62. The van der Waals surface area contributed by atoms with Gasteiger partial charge in [-0.3, -0.25) is 4.79 Å². The minimum absolute atomic E-state index is 0.0218. The third-order valence-electron chi connectivity index (χ3n) is 3.99. The molecule has 19 heavy (non-hydrogen) atoms. The van der Waals surface area contributed by atoms with E-state index in [1.165, 1.54) is 6.42 Å². The fourth-order valence-corrected chi connectivity index (χ4v) is 2.62. The molecule has 1 fully saturated rings. The standard InChI is InChI=1S/C17H24O2/c1-11-9-13(15(18)12-7-6-8-12)16(19-5)14(10-11)17(2,3)4/h9-10,12H,6-8H2,1-5H3. The molecule has 0 aromatic heterocycles. The molecule has 2 heteroatoms. The zero-order valence-electron chi connectivity index (χ0n) is 12.7. The van der Waals surface area contributed by atoms with Crippen LogP contribution in [0.4, 0.5) is 0 Å². The first kappa shape index (κ1) is 14.1. The number of hydrogen-bond acceptors (Lipinski definition) is 2. The first-order chi connectivity index (χ1) is 8.84. The summed E-state index contributed by atoms with van der Waals surface area (Å²) in [6.07, 6.45) is 3.23. The predicted octanol–water partition coefficient (Wildman–Crippen LogP) is 4.28. The lowest BCUT2D eigenvalue weighted by atomic mass is 9.77. The Hall–Kier alpha value is -1.31. The van der Waals surface area contributed by atoms with Crippen molar-refractivity contribution in [3.63, 3.8) is 0 Å². The van der Waals surface area contributed by atoms with Crippen LogP contribution in [-0.4, -0.2) is 12.9 Å². The molecule has 1 saturated carbocycles. The summed E-state index contributed by atoms with van der Waals surface area (Å²) in [6.45, 7) is 8.51. The third kappa shape index (κ3) is 2.68. The first-order valence-electron chi connectivity index (χ1n) is 7.08. The van der Waals surface area contributed by atoms with Crippen LogP contribution in [0.1, 0.15) is 61.5 Å². The van der Waals surface area contributed by atoms with Crippen LogP contribution in [-0.2, 0) is 5.41 Å². The molecule has 2 rings (SSSR count). The van der Waals surface area contributed by atoms with E-state index in [9.17, 15) is 4.79 Å². The van der Waals surface area contributed by atoms with Crippen molar-refractivity contribution >= 4 is 5.78 Å². The van der Waals surface area contributed by atoms with E-state index in [-0.39, 0.29) is 17.1 Å². The van der Waals surface area contributed by atoms with Crippen molar-refractivity contribution < 1.29 is 9.53 Å². The Labute approximate surface area is 116 Å². The Kier molecular flexibility index (Phi) is 3.71. The lowest BCUT2D eigenvalue weighted by molar-refractivity contribution is 0.0851. The number of benzene rings is 1. The highest BCUT2D eigenvalue weighted by atomic mass is 16.5. The number of aryl methyl sites for hydroxylation is 1. The summed E-state index contributed by atoms with van der Waals surface area (Å²) in [5.41, 5.74) is 3.01. The average molecular weight is 260 g/mol. The second-order valence-corrected chi connectivity index (χ2v) is 6.64. The van der Waals surface area contributed by atoms with Gasteiger partial charge in [-0.15, -0.1) is 0 Å². The topological polar surface area (TPSA) is 26.3 Å². The van der Waals surface area contributed by atoms with Crippen molar-refractivity contribution in [3.8, 4) is 5.75 Å². The molecule has 0 atom stereocenters. The summed E-state index contributed by atoms with van der Waals surface area (Å²) < 4.78 is 5.58. The Morgan fingerprint density at radius 3 is 2.32 bits per heavy atom. The normalized spacial score (nSPS) is 16.1. The second kappa shape index (κ2) is 4.99. The molecule has 0 unspecified atom stereocenters. The Morgan fingerprint density at radius 1 is 1.26 bits per heavy atom. The van der Waals surface area contributed by atoms with Gasteiger partial charge in [-0.2, -0.15) is 0 Å². The molecule has 0 heterocycles. The second-order valence-electron chi connectivity index (χ2n) is 6.64. The summed E-state index contributed by atoms with van der Waals surface area (Å²) in [4.78, 5) is 12.6. The summed E-state index contributed by atoms with van der Waals surface area (Å²) in [5, 5.41) is 0. The molecule has 0 bridgehead atoms. The molecule has 0 N–H and O–H groups in total. The van der Waals surface area contributed by atoms with E-state index < -0.39 is 0 Å². The van der Waals surface area contributed by atoms with E-state index in [1.807, 2.05) is 13.0 Å². The van der Waals surface area contributed by atoms with E-state index >= 15 is 0 Å². The minimum Gasteiger partial charge on any atom is -0.496 e. The molecule has 0 spiro atoms. The van der Waals surface area contributed by atoms with Crippen molar-refractivity contribution in [1.29, 1.82) is 0 Å². The van der Waals surface area contributed by atoms with Crippen molar-refractivity contribution in [2.24, 2.45) is 5.92 Å². The molecule has 1 aromatic carbocycles. The van der Waals surface area contributed by atoms with Gasteiger partial charge in [-0.25, -0.2) is 0 Å². The molecule has 1 aliphatic rings. The quantitative estimate of drug-likeness (QED) is 0.758. The fraction of sp³-hybridized carbons (Fsp3) is 0.588. The Bertz CT molecular complexity index is 491. The largest absolute Gasteiger partial charge is 0.496 e. The van der Waals surface area contributed by atoms with Crippen LogP contribution in [0.3, 0.4) is 0 Å². The Balaban J connectivity index is 2.53. The van der Waals surface area contributed by atoms with Crippen LogP contribution in [0.2, 0.25) is 0 Å². The van der Waals surface area contributed by atoms with Gasteiger partial charge in [-0.05, 0) is 36.8 Å². The number of methoxy groups -OCH3 is 1. The zero-order valence-corrected chi connectivity index (χ0v) is 12.7. The van der Waals surface area contributed by atoms with E-state index in [0.29, 0.717) is 0 Å². The van der Waals surface area contributed by atoms with Crippen molar-refractivity contribution in [1.82, 2.24) is 0 Å². The smallest absolute Gasteiger partial charge is 0.169 e. The van der Waals surface area contributed by atoms with Crippen LogP contribution in [0.25, 0.3) is 0 Å². The number of carbonyl (C=O) groups excluding carboxylic acids is 1. The molecule has 1 aliphatic carbocycles. The van der Waals surface area contributed by atoms with Crippen molar-refractivity contribution in [2.45, 2.75) is 52.4 Å². The molecule has 1 aromatic rings. The highest BCUT2D eigenvalue weighted by molar-refractivity contribution is 6.01. The molecule has 0 aliphatic heterocycles. The lowest BCUT2D eigenvalue weighted by Gasteiger charge is -2.28. The number of ketones is 1. The highest BCUT2D eigenvalue weighted by Gasteiger charge is 2.31. The van der Waals surface area contributed by atoms with E-state index in [4.69, 9.17) is 4.74 Å². The number of Topliss-reactive ketones (excluding diaryl/α,β-unsaturated/α-hetero) is 1. The summed E-state index contributed by atoms with van der Waals surface area (Å²) in [6, 6.07) is 4.12. The summed E-state index contributed by atoms with van der Waals surface area (Å²) >= 11 is 0. The number of hydrogen-bond donors (Lipinski definition) is 0. The van der Waals surface area contributed by atoms with E-state index in [0.717, 1.165) is 35.3 Å². The first-order valence-corrected chi connectivity index (χ1v) is 7.08. The van der Waals surface area contributed by atoms with Crippen LogP contribution in [0, 0.1) is 12.8 Å². The molecular weight excluding hydrogens is 236 g/mol. The zero-order chi connectivity index (χ0) is 14.2. The van der Waals surface area contributed by atoms with Gasteiger partial charge in [0.15, 0.2) is 5.78 Å². The lowest BCUT2D eigenvalue weighted by Crippen LogP contribution is -2.24. The van der Waals surface area contributed by atoms with Gasteiger partial charge in [0, 0.05) is 11.5 Å². The number of carbonyl (C=O) groups is 1. The van der Waals surface area contributed by atoms with E-state index in [2.05, 4.69) is 26.8 Å². The monoisotopic (exact) mass is 260 g/mol. The van der Waals surface area contributed by atoms with Crippen LogP contribution in [0.5, 0.6) is 5.75 Å².